The van der Waals surface area contributed by atoms with Crippen molar-refractivity contribution in [2.24, 2.45) is 0 Å². The third-order valence-electron chi connectivity index (χ3n) is 6.01. The van der Waals surface area contributed by atoms with Crippen LogP contribution in [-0.2, 0) is 9.59 Å². The fourth-order valence-electron chi connectivity index (χ4n) is 4.44. The van der Waals surface area contributed by atoms with Gasteiger partial charge in [0.25, 0.3) is 5.91 Å². The molecule has 3 aromatic carbocycles. The molecule has 6 nitrogen and oxygen atoms in total. The van der Waals surface area contributed by atoms with Gasteiger partial charge in [-0.3, -0.25) is 9.59 Å². The number of hydrogen-bond acceptors (Lipinski definition) is 3. The molecule has 1 fully saturated rings. The summed E-state index contributed by atoms with van der Waals surface area (Å²) in [6, 6.07) is 22.9. The molecule has 2 atom stereocenters. The lowest BCUT2D eigenvalue weighted by molar-refractivity contribution is -0.143. The summed E-state index contributed by atoms with van der Waals surface area (Å²) in [5.41, 5.74) is 3.14. The molecular formula is C26H22F2N4O2. The molecule has 0 aliphatic carbocycles. The first-order valence-corrected chi connectivity index (χ1v) is 10.9. The number of alkyl halides is 2. The number of carbonyl (C=O) groups excluding carboxylic acids is 2. The van der Waals surface area contributed by atoms with Crippen molar-refractivity contribution in [1.82, 2.24) is 15.1 Å². The Bertz CT molecular complexity index is 1350. The van der Waals surface area contributed by atoms with Crippen LogP contribution in [0, 0.1) is 0 Å². The summed E-state index contributed by atoms with van der Waals surface area (Å²) in [4.78, 5) is 26.8. The van der Waals surface area contributed by atoms with Crippen molar-refractivity contribution < 1.29 is 18.4 Å². The monoisotopic (exact) mass is 460 g/mol. The highest BCUT2D eigenvalue weighted by Crippen LogP contribution is 2.39. The van der Waals surface area contributed by atoms with Crippen LogP contribution in [0.25, 0.3) is 16.6 Å². The minimum absolute atomic E-state index is 0.0807. The lowest BCUT2D eigenvalue weighted by Gasteiger charge is -2.29. The Kier molecular flexibility index (Phi) is 5.36. The maximum atomic E-state index is 13.6. The van der Waals surface area contributed by atoms with E-state index in [0.717, 1.165) is 22.2 Å². The quantitative estimate of drug-likeness (QED) is 0.472. The number of halogens is 2. The highest BCUT2D eigenvalue weighted by Gasteiger charge is 2.45. The zero-order chi connectivity index (χ0) is 23.9. The van der Waals surface area contributed by atoms with Gasteiger partial charge in [-0.15, -0.1) is 0 Å². The average Bonchev–Trinajstić information content (AvgIpc) is 3.39. The number of nitrogens with zero attached hydrogens (tertiary/aromatic N) is 3. The van der Waals surface area contributed by atoms with Crippen LogP contribution in [0.5, 0.6) is 0 Å². The van der Waals surface area contributed by atoms with E-state index in [2.05, 4.69) is 10.4 Å². The molecule has 1 aliphatic rings. The molecule has 1 aromatic heterocycles. The molecule has 34 heavy (non-hydrogen) atoms. The molecule has 1 N–H and O–H groups in total. The summed E-state index contributed by atoms with van der Waals surface area (Å²) in [6.07, 6.45) is 1.64. The topological polar surface area (TPSA) is 67.2 Å². The van der Waals surface area contributed by atoms with Gasteiger partial charge in [-0.2, -0.15) is 13.9 Å². The van der Waals surface area contributed by atoms with Gasteiger partial charge in [-0.25, -0.2) is 4.68 Å². The SMILES string of the molecule is CC(F)(F)C(=O)N[C@H]1CC(=O)N(c2ccc3c(cnn3-c3ccccc3)c2)C1c1ccccc1. The van der Waals surface area contributed by atoms with Gasteiger partial charge in [-0.05, 0) is 35.9 Å². The fourth-order valence-corrected chi connectivity index (χ4v) is 4.44. The Labute approximate surface area is 194 Å². The van der Waals surface area contributed by atoms with Crippen molar-refractivity contribution in [3.8, 4) is 5.69 Å². The number of anilines is 1. The van der Waals surface area contributed by atoms with Gasteiger partial charge in [0.1, 0.15) is 0 Å². The van der Waals surface area contributed by atoms with Gasteiger partial charge in [0, 0.05) is 24.4 Å². The summed E-state index contributed by atoms with van der Waals surface area (Å²) in [5, 5.41) is 7.70. The molecule has 1 unspecified atom stereocenters. The Morgan fingerprint density at radius 2 is 1.68 bits per heavy atom. The highest BCUT2D eigenvalue weighted by molar-refractivity contribution is 6.00. The lowest BCUT2D eigenvalue weighted by atomic mass is 9.99. The van der Waals surface area contributed by atoms with E-state index >= 15 is 0 Å². The van der Waals surface area contributed by atoms with Crippen LogP contribution in [0.2, 0.25) is 0 Å². The molecule has 8 heteroatoms. The van der Waals surface area contributed by atoms with Crippen LogP contribution in [-0.4, -0.2) is 33.6 Å². The lowest BCUT2D eigenvalue weighted by Crippen LogP contribution is -2.46. The van der Waals surface area contributed by atoms with E-state index in [9.17, 15) is 18.4 Å². The van der Waals surface area contributed by atoms with Crippen LogP contribution < -0.4 is 10.2 Å². The van der Waals surface area contributed by atoms with Crippen LogP contribution in [0.1, 0.15) is 24.9 Å². The van der Waals surface area contributed by atoms with E-state index in [4.69, 9.17) is 0 Å². The third-order valence-corrected chi connectivity index (χ3v) is 6.01. The van der Waals surface area contributed by atoms with Gasteiger partial charge < -0.3 is 10.2 Å². The first-order valence-electron chi connectivity index (χ1n) is 10.9. The van der Waals surface area contributed by atoms with Crippen molar-refractivity contribution >= 4 is 28.4 Å². The number of nitrogens with one attached hydrogen (secondary N) is 1. The summed E-state index contributed by atoms with van der Waals surface area (Å²) in [6.45, 7) is 0.548. The summed E-state index contributed by atoms with van der Waals surface area (Å²) in [5.74, 6) is -5.19. The van der Waals surface area contributed by atoms with E-state index in [1.165, 1.54) is 0 Å². The van der Waals surface area contributed by atoms with Crippen molar-refractivity contribution in [2.75, 3.05) is 4.90 Å². The highest BCUT2D eigenvalue weighted by atomic mass is 19.3. The third kappa shape index (κ3) is 3.91. The van der Waals surface area contributed by atoms with E-state index in [1.807, 2.05) is 83.5 Å². The van der Waals surface area contributed by atoms with E-state index in [0.29, 0.717) is 12.6 Å². The summed E-state index contributed by atoms with van der Waals surface area (Å²) >= 11 is 0. The molecular weight excluding hydrogens is 438 g/mol. The summed E-state index contributed by atoms with van der Waals surface area (Å²) in [7, 11) is 0. The van der Waals surface area contributed by atoms with Crippen molar-refractivity contribution in [3.05, 3.63) is 90.6 Å². The number of amides is 2. The Balaban J connectivity index is 1.54. The minimum atomic E-state index is -3.54. The first-order chi connectivity index (χ1) is 16.3. The van der Waals surface area contributed by atoms with Crippen molar-refractivity contribution in [2.45, 2.75) is 31.4 Å². The number of carbonyl (C=O) groups is 2. The first kappa shape index (κ1) is 21.8. The largest absolute Gasteiger partial charge is 0.345 e. The van der Waals surface area contributed by atoms with E-state index in [-0.39, 0.29) is 12.3 Å². The Morgan fingerprint density at radius 1 is 1.00 bits per heavy atom. The van der Waals surface area contributed by atoms with E-state index in [1.54, 1.807) is 11.1 Å². The van der Waals surface area contributed by atoms with Gasteiger partial charge in [0.2, 0.25) is 5.91 Å². The van der Waals surface area contributed by atoms with Gasteiger partial charge in [0.15, 0.2) is 0 Å². The van der Waals surface area contributed by atoms with Gasteiger partial charge >= 0.3 is 5.92 Å². The predicted molar refractivity (Wildman–Crippen MR) is 125 cm³/mol. The molecule has 2 amide bonds. The molecule has 1 saturated heterocycles. The van der Waals surface area contributed by atoms with Crippen LogP contribution >= 0.6 is 0 Å². The van der Waals surface area contributed by atoms with Crippen LogP contribution in [0.3, 0.4) is 0 Å². The molecule has 0 saturated carbocycles. The second-order valence-corrected chi connectivity index (χ2v) is 8.43. The fraction of sp³-hybridized carbons (Fsp3) is 0.192. The number of para-hydroxylation sites is 1. The van der Waals surface area contributed by atoms with Gasteiger partial charge in [-0.1, -0.05) is 48.5 Å². The number of aromatic nitrogens is 2. The molecule has 0 spiro atoms. The van der Waals surface area contributed by atoms with Crippen LogP contribution in [0.4, 0.5) is 14.5 Å². The normalized spacial score (nSPS) is 18.4. The standard InChI is InChI=1S/C26H22F2N4O2/c1-26(27,28)25(34)30-21-15-23(33)31(24(21)17-8-4-2-5-9-17)20-12-13-22-18(14-20)16-29-32(22)19-10-6-3-7-11-19/h2-14,16,21,24H,15H2,1H3,(H,30,34)/t21-,24?/m0/s1. The minimum Gasteiger partial charge on any atom is -0.345 e. The Morgan fingerprint density at radius 3 is 2.35 bits per heavy atom. The molecule has 172 valence electrons. The zero-order valence-corrected chi connectivity index (χ0v) is 18.4. The molecule has 2 heterocycles. The Hall–Kier alpha value is -4.07. The smallest absolute Gasteiger partial charge is 0.321 e. The second kappa shape index (κ2) is 8.37. The maximum Gasteiger partial charge on any atom is 0.321 e. The average molecular weight is 460 g/mol. The molecule has 5 rings (SSSR count). The van der Waals surface area contributed by atoms with Crippen molar-refractivity contribution in [1.29, 1.82) is 0 Å². The number of fused-ring (bicyclic) bond motifs is 1. The zero-order valence-electron chi connectivity index (χ0n) is 18.4. The number of rotatable bonds is 5. The number of benzene rings is 3. The number of hydrogen-bond donors (Lipinski definition) is 1. The summed E-state index contributed by atoms with van der Waals surface area (Å²) < 4.78 is 29.0. The van der Waals surface area contributed by atoms with Gasteiger partial charge in [0.05, 0.1) is 29.5 Å². The van der Waals surface area contributed by atoms with Crippen LogP contribution in [0.15, 0.2) is 85.1 Å². The molecule has 0 radical (unpaired) electrons. The predicted octanol–water partition coefficient (Wildman–Crippen LogP) is 4.64. The van der Waals surface area contributed by atoms with E-state index < -0.39 is 23.9 Å². The molecule has 4 aromatic rings. The maximum absolute atomic E-state index is 13.6. The second-order valence-electron chi connectivity index (χ2n) is 8.43. The van der Waals surface area contributed by atoms with Crippen molar-refractivity contribution in [3.63, 3.8) is 0 Å². The molecule has 0 bridgehead atoms. The molecule has 1 aliphatic heterocycles.